The third-order valence-electron chi connectivity index (χ3n) is 2.91. The van der Waals surface area contributed by atoms with E-state index in [1.54, 1.807) is 0 Å². The first kappa shape index (κ1) is 12.2. The highest BCUT2D eigenvalue weighted by atomic mass is 127. The highest BCUT2D eigenvalue weighted by Gasteiger charge is 2.28. The average Bonchev–Trinajstić information content (AvgIpc) is 2.20. The van der Waals surface area contributed by atoms with Crippen molar-refractivity contribution < 1.29 is 4.74 Å². The zero-order valence-corrected chi connectivity index (χ0v) is 12.0. The smallest absolute Gasteiger partial charge is 0.0646 e. The van der Waals surface area contributed by atoms with Crippen molar-refractivity contribution in [1.82, 2.24) is 0 Å². The summed E-state index contributed by atoms with van der Waals surface area (Å²) in [5, 5.41) is 3.58. The van der Waals surface area contributed by atoms with Crippen LogP contribution >= 0.6 is 22.6 Å². The van der Waals surface area contributed by atoms with Gasteiger partial charge < -0.3 is 10.1 Å². The summed E-state index contributed by atoms with van der Waals surface area (Å²) in [5.41, 5.74) is 1.22. The van der Waals surface area contributed by atoms with Crippen molar-refractivity contribution in [2.24, 2.45) is 0 Å². The van der Waals surface area contributed by atoms with Gasteiger partial charge in [-0.1, -0.05) is 0 Å². The van der Waals surface area contributed by atoms with Gasteiger partial charge in [0, 0.05) is 21.9 Å². The molecule has 1 atom stereocenters. The molecule has 88 valence electrons. The normalized spacial score (nSPS) is 24.1. The van der Waals surface area contributed by atoms with E-state index in [9.17, 15) is 0 Å². The fraction of sp³-hybridized carbons (Fsp3) is 0.538. The quantitative estimate of drug-likeness (QED) is 0.835. The van der Waals surface area contributed by atoms with Crippen LogP contribution in [0.5, 0.6) is 0 Å². The van der Waals surface area contributed by atoms with Crippen LogP contribution in [-0.2, 0) is 4.74 Å². The Bertz CT molecular complexity index is 347. The second-order valence-electron chi connectivity index (χ2n) is 4.95. The van der Waals surface area contributed by atoms with Gasteiger partial charge in [-0.15, -0.1) is 0 Å². The number of ether oxygens (including phenoxy) is 1. The Morgan fingerprint density at radius 3 is 2.62 bits per heavy atom. The molecule has 0 saturated carbocycles. The highest BCUT2D eigenvalue weighted by molar-refractivity contribution is 14.1. The number of hydrogen-bond acceptors (Lipinski definition) is 2. The minimum absolute atomic E-state index is 0.0130. The summed E-state index contributed by atoms with van der Waals surface area (Å²) in [7, 11) is 0. The van der Waals surface area contributed by atoms with E-state index in [0.29, 0.717) is 6.04 Å². The maximum Gasteiger partial charge on any atom is 0.0646 e. The van der Waals surface area contributed by atoms with E-state index in [1.807, 2.05) is 0 Å². The van der Waals surface area contributed by atoms with E-state index in [-0.39, 0.29) is 5.60 Å². The molecule has 0 aromatic heterocycles. The van der Waals surface area contributed by atoms with Crippen LogP contribution in [0.3, 0.4) is 0 Å². The van der Waals surface area contributed by atoms with E-state index in [1.165, 1.54) is 9.26 Å². The molecule has 3 heteroatoms. The van der Waals surface area contributed by atoms with Gasteiger partial charge in [0.1, 0.15) is 0 Å². The molecular formula is C13H18INO. The van der Waals surface area contributed by atoms with Gasteiger partial charge in [-0.05, 0) is 73.5 Å². The van der Waals surface area contributed by atoms with E-state index in [0.717, 1.165) is 19.4 Å². The largest absolute Gasteiger partial charge is 0.382 e. The molecule has 1 aromatic carbocycles. The fourth-order valence-corrected chi connectivity index (χ4v) is 2.50. The standard InChI is InChI=1S/C13H18INO/c1-13(2)9-12(7-8-16-13)15-11-5-3-10(14)4-6-11/h3-6,12,15H,7-9H2,1-2H3. The van der Waals surface area contributed by atoms with E-state index >= 15 is 0 Å². The van der Waals surface area contributed by atoms with Crippen molar-refractivity contribution in [1.29, 1.82) is 0 Å². The van der Waals surface area contributed by atoms with Crippen LogP contribution in [0.2, 0.25) is 0 Å². The van der Waals surface area contributed by atoms with Crippen LogP contribution in [0.25, 0.3) is 0 Å². The summed E-state index contributed by atoms with van der Waals surface area (Å²) in [6.45, 7) is 5.18. The van der Waals surface area contributed by atoms with Crippen molar-refractivity contribution >= 4 is 28.3 Å². The minimum Gasteiger partial charge on any atom is -0.382 e. The van der Waals surface area contributed by atoms with Crippen LogP contribution in [0, 0.1) is 3.57 Å². The Labute approximate surface area is 111 Å². The van der Waals surface area contributed by atoms with Crippen molar-refractivity contribution in [3.8, 4) is 0 Å². The summed E-state index contributed by atoms with van der Waals surface area (Å²) in [4.78, 5) is 0. The molecule has 0 spiro atoms. The van der Waals surface area contributed by atoms with Crippen molar-refractivity contribution in [2.45, 2.75) is 38.3 Å². The van der Waals surface area contributed by atoms with E-state index < -0.39 is 0 Å². The molecular weight excluding hydrogens is 313 g/mol. The van der Waals surface area contributed by atoms with Crippen LogP contribution < -0.4 is 5.32 Å². The molecule has 1 unspecified atom stereocenters. The molecule has 0 amide bonds. The van der Waals surface area contributed by atoms with Crippen LogP contribution in [0.4, 0.5) is 5.69 Å². The lowest BCUT2D eigenvalue weighted by Gasteiger charge is -2.36. The second kappa shape index (κ2) is 4.92. The first-order valence-corrected chi connectivity index (χ1v) is 6.79. The number of anilines is 1. The highest BCUT2D eigenvalue weighted by Crippen LogP contribution is 2.26. The molecule has 1 heterocycles. The predicted octanol–water partition coefficient (Wildman–Crippen LogP) is 3.66. The molecule has 2 rings (SSSR count). The van der Waals surface area contributed by atoms with Gasteiger partial charge in [-0.2, -0.15) is 0 Å². The summed E-state index contributed by atoms with van der Waals surface area (Å²) in [5.74, 6) is 0. The van der Waals surface area contributed by atoms with Gasteiger partial charge in [-0.3, -0.25) is 0 Å². The predicted molar refractivity (Wildman–Crippen MR) is 75.8 cm³/mol. The van der Waals surface area contributed by atoms with Crippen LogP contribution in [0.15, 0.2) is 24.3 Å². The lowest BCUT2D eigenvalue weighted by Crippen LogP contribution is -2.40. The molecule has 1 N–H and O–H groups in total. The first-order chi connectivity index (χ1) is 7.55. The molecule has 0 bridgehead atoms. The van der Waals surface area contributed by atoms with E-state index in [4.69, 9.17) is 4.74 Å². The lowest BCUT2D eigenvalue weighted by atomic mass is 9.94. The molecule has 0 aliphatic carbocycles. The first-order valence-electron chi connectivity index (χ1n) is 5.71. The van der Waals surface area contributed by atoms with Crippen molar-refractivity contribution in [3.63, 3.8) is 0 Å². The lowest BCUT2D eigenvalue weighted by molar-refractivity contribution is -0.0553. The van der Waals surface area contributed by atoms with E-state index in [2.05, 4.69) is 66.0 Å². The van der Waals surface area contributed by atoms with Gasteiger partial charge >= 0.3 is 0 Å². The molecule has 1 aliphatic rings. The van der Waals surface area contributed by atoms with Crippen molar-refractivity contribution in [2.75, 3.05) is 11.9 Å². The summed E-state index contributed by atoms with van der Waals surface area (Å²) in [6, 6.07) is 9.08. The Kier molecular flexibility index (Phi) is 3.74. The summed E-state index contributed by atoms with van der Waals surface area (Å²) >= 11 is 2.33. The third-order valence-corrected chi connectivity index (χ3v) is 3.63. The Morgan fingerprint density at radius 2 is 2.00 bits per heavy atom. The van der Waals surface area contributed by atoms with Gasteiger partial charge in [0.2, 0.25) is 0 Å². The zero-order valence-electron chi connectivity index (χ0n) is 9.79. The van der Waals surface area contributed by atoms with Crippen LogP contribution in [-0.4, -0.2) is 18.2 Å². The van der Waals surface area contributed by atoms with Gasteiger partial charge in [0.15, 0.2) is 0 Å². The fourth-order valence-electron chi connectivity index (χ4n) is 2.14. The van der Waals surface area contributed by atoms with Gasteiger partial charge in [0.25, 0.3) is 0 Å². The molecule has 1 fully saturated rings. The number of hydrogen-bond donors (Lipinski definition) is 1. The Morgan fingerprint density at radius 1 is 1.31 bits per heavy atom. The summed E-state index contributed by atoms with van der Waals surface area (Å²) < 4.78 is 6.98. The minimum atomic E-state index is 0.0130. The van der Waals surface area contributed by atoms with Crippen molar-refractivity contribution in [3.05, 3.63) is 27.8 Å². The monoisotopic (exact) mass is 331 g/mol. The van der Waals surface area contributed by atoms with Gasteiger partial charge in [0.05, 0.1) is 5.60 Å². The molecule has 1 aliphatic heterocycles. The zero-order chi connectivity index (χ0) is 11.6. The third kappa shape index (κ3) is 3.35. The molecule has 1 aromatic rings. The molecule has 1 saturated heterocycles. The average molecular weight is 331 g/mol. The van der Waals surface area contributed by atoms with Crippen LogP contribution in [0.1, 0.15) is 26.7 Å². The maximum absolute atomic E-state index is 5.71. The number of rotatable bonds is 2. The molecule has 16 heavy (non-hydrogen) atoms. The SMILES string of the molecule is CC1(C)CC(Nc2ccc(I)cc2)CCO1. The molecule has 2 nitrogen and oxygen atoms in total. The number of nitrogens with one attached hydrogen (secondary N) is 1. The maximum atomic E-state index is 5.71. The molecule has 0 radical (unpaired) electrons. The number of benzene rings is 1. The van der Waals surface area contributed by atoms with Gasteiger partial charge in [-0.25, -0.2) is 0 Å². The number of halogens is 1. The second-order valence-corrected chi connectivity index (χ2v) is 6.19. The topological polar surface area (TPSA) is 21.3 Å². The summed E-state index contributed by atoms with van der Waals surface area (Å²) in [6.07, 6.45) is 2.16. The Hall–Kier alpha value is -0.290. The Balaban J connectivity index is 1.97.